The monoisotopic (exact) mass is 650 g/mol. The second-order valence-corrected chi connectivity index (χ2v) is 12.6. The van der Waals surface area contributed by atoms with Gasteiger partial charge in [0.05, 0.1) is 41.7 Å². The molecule has 7 rings (SSSR count). The summed E-state index contributed by atoms with van der Waals surface area (Å²) >= 11 is 0. The van der Waals surface area contributed by atoms with Crippen LogP contribution < -0.4 is 25.5 Å². The van der Waals surface area contributed by atoms with Crippen LogP contribution in [-0.2, 0) is 19.2 Å². The van der Waals surface area contributed by atoms with Gasteiger partial charge in [-0.05, 0) is 60.0 Å². The highest BCUT2D eigenvalue weighted by Gasteiger charge is 2.62. The maximum atomic E-state index is 14.4. The van der Waals surface area contributed by atoms with Crippen LogP contribution in [0.15, 0.2) is 84.4 Å². The molecule has 5 N–H and O–H groups in total. The van der Waals surface area contributed by atoms with E-state index in [-0.39, 0.29) is 48.4 Å². The van der Waals surface area contributed by atoms with Crippen LogP contribution in [0.25, 0.3) is 0 Å². The van der Waals surface area contributed by atoms with Crippen molar-refractivity contribution in [3.8, 4) is 5.75 Å². The number of nitrogens with zero attached hydrogens (tertiary/aromatic N) is 2. The molecule has 12 nitrogen and oxygen atoms in total. The van der Waals surface area contributed by atoms with Crippen LogP contribution in [0.3, 0.4) is 0 Å². The smallest absolute Gasteiger partial charge is 0.488 e. The fourth-order valence-electron chi connectivity index (χ4n) is 8.12. The summed E-state index contributed by atoms with van der Waals surface area (Å²) in [4.78, 5) is 58.9. The van der Waals surface area contributed by atoms with Gasteiger partial charge in [0.1, 0.15) is 12.4 Å². The lowest BCUT2D eigenvalue weighted by Crippen LogP contribution is -2.43. The summed E-state index contributed by atoms with van der Waals surface area (Å²) < 4.78 is 5.90. The van der Waals surface area contributed by atoms with E-state index < -0.39 is 73.4 Å². The lowest BCUT2D eigenvalue weighted by atomic mass is 9.57. The van der Waals surface area contributed by atoms with Gasteiger partial charge in [-0.25, -0.2) is 0 Å². The fraction of sp³-hybridized carbons (Fsp3) is 0.294. The fourth-order valence-corrected chi connectivity index (χ4v) is 8.12. The third-order valence-corrected chi connectivity index (χ3v) is 10.1. The number of amides is 4. The minimum absolute atomic E-state index is 0.0101. The van der Waals surface area contributed by atoms with Gasteiger partial charge in [0.2, 0.25) is 23.6 Å². The normalized spacial score (nSPS) is 26.2. The maximum Gasteiger partial charge on any atom is 0.488 e. The van der Waals surface area contributed by atoms with Crippen LogP contribution in [0.5, 0.6) is 5.75 Å². The number of anilines is 2. The molecule has 6 unspecified atom stereocenters. The number of carbonyl (C=O) groups is 4. The number of allylic oxidation sites excluding steroid dienone is 2. The van der Waals surface area contributed by atoms with E-state index in [1.807, 2.05) is 6.08 Å². The number of para-hydroxylation sites is 1. The number of ether oxygens (including phenoxy) is 1. The standard InChI is InChI=1S/C34H32B2N2O10/c39-13-14-48-27-10-2-1-9-23(27)28-22-11-12-24-29(33(42)37(31(24)40)20-7-3-5-18(15-20)35(44)45)25(22)17-26-30(28)34(43)38(32(26)41)21-8-4-6-19(16-21)36(46)47/h1-11,15-16,24-26,28-30,39,44-47H,12-14,17H2. The second-order valence-electron chi connectivity index (χ2n) is 12.6. The zero-order valence-electron chi connectivity index (χ0n) is 25.6. The molecule has 4 aliphatic rings. The number of hydrogen-bond donors (Lipinski definition) is 5. The highest BCUT2D eigenvalue weighted by Crippen LogP contribution is 2.59. The van der Waals surface area contributed by atoms with E-state index in [0.29, 0.717) is 11.3 Å². The van der Waals surface area contributed by atoms with E-state index in [2.05, 4.69) is 0 Å². The maximum absolute atomic E-state index is 14.4. The number of carbonyl (C=O) groups excluding carboxylic acids is 4. The molecule has 14 heteroatoms. The highest BCUT2D eigenvalue weighted by atomic mass is 16.5. The number of aliphatic hydroxyl groups excluding tert-OH is 1. The minimum Gasteiger partial charge on any atom is -0.491 e. The van der Waals surface area contributed by atoms with E-state index in [0.717, 1.165) is 15.4 Å². The molecule has 3 fully saturated rings. The Labute approximate surface area is 276 Å². The van der Waals surface area contributed by atoms with Crippen molar-refractivity contribution in [3.63, 3.8) is 0 Å². The largest absolute Gasteiger partial charge is 0.491 e. The highest BCUT2D eigenvalue weighted by molar-refractivity contribution is 6.59. The van der Waals surface area contributed by atoms with Gasteiger partial charge in [0.15, 0.2) is 0 Å². The van der Waals surface area contributed by atoms with E-state index in [4.69, 9.17) is 4.74 Å². The third kappa shape index (κ3) is 5.08. The second kappa shape index (κ2) is 12.5. The summed E-state index contributed by atoms with van der Waals surface area (Å²) in [7, 11) is -3.61. The Hall–Kier alpha value is -4.59. The van der Waals surface area contributed by atoms with Crippen LogP contribution in [0.4, 0.5) is 11.4 Å². The van der Waals surface area contributed by atoms with Crippen LogP contribution >= 0.6 is 0 Å². The van der Waals surface area contributed by atoms with Crippen molar-refractivity contribution < 1.29 is 49.1 Å². The number of aliphatic hydroxyl groups is 1. The Balaban J connectivity index is 1.33. The molecule has 2 saturated heterocycles. The third-order valence-electron chi connectivity index (χ3n) is 10.1. The molecule has 0 aromatic heterocycles. The molecular formula is C34H32B2N2O10. The molecule has 0 spiro atoms. The first kappa shape index (κ1) is 32.0. The number of benzene rings is 3. The van der Waals surface area contributed by atoms with Gasteiger partial charge < -0.3 is 29.9 Å². The van der Waals surface area contributed by atoms with Gasteiger partial charge in [-0.3, -0.25) is 29.0 Å². The van der Waals surface area contributed by atoms with Crippen LogP contribution in [0.2, 0.25) is 0 Å². The van der Waals surface area contributed by atoms with E-state index >= 15 is 0 Å². The molecule has 2 aliphatic carbocycles. The molecule has 2 aliphatic heterocycles. The van der Waals surface area contributed by atoms with E-state index in [1.165, 1.54) is 36.4 Å². The van der Waals surface area contributed by atoms with Crippen LogP contribution in [0.1, 0.15) is 24.3 Å². The molecular weight excluding hydrogens is 618 g/mol. The van der Waals surface area contributed by atoms with Gasteiger partial charge in [0, 0.05) is 11.5 Å². The molecule has 0 radical (unpaired) electrons. The average molecular weight is 650 g/mol. The average Bonchev–Trinajstić information content (AvgIpc) is 3.50. The van der Waals surface area contributed by atoms with Gasteiger partial charge in [-0.15, -0.1) is 0 Å². The molecule has 2 heterocycles. The van der Waals surface area contributed by atoms with Crippen LogP contribution in [0, 0.1) is 29.6 Å². The van der Waals surface area contributed by atoms with Crippen molar-refractivity contribution in [2.45, 2.75) is 18.8 Å². The first-order valence-corrected chi connectivity index (χ1v) is 15.8. The van der Waals surface area contributed by atoms with Crippen LogP contribution in [-0.4, -0.2) is 76.3 Å². The number of fused-ring (bicyclic) bond motifs is 4. The number of hydrogen-bond acceptors (Lipinski definition) is 10. The summed E-state index contributed by atoms with van der Waals surface area (Å²) in [5.41, 5.74) is 1.99. The topological polar surface area (TPSA) is 185 Å². The zero-order valence-corrected chi connectivity index (χ0v) is 25.6. The first-order valence-electron chi connectivity index (χ1n) is 15.8. The first-order chi connectivity index (χ1) is 23.1. The molecule has 3 aromatic rings. The van der Waals surface area contributed by atoms with E-state index in [1.54, 1.807) is 36.4 Å². The Morgan fingerprint density at radius 1 is 0.688 bits per heavy atom. The van der Waals surface area contributed by atoms with Crippen molar-refractivity contribution in [2.24, 2.45) is 29.6 Å². The number of imide groups is 2. The van der Waals surface area contributed by atoms with Gasteiger partial charge >= 0.3 is 14.2 Å². The summed E-state index contributed by atoms with van der Waals surface area (Å²) in [5, 5.41) is 48.5. The predicted molar refractivity (Wildman–Crippen MR) is 174 cm³/mol. The zero-order chi connectivity index (χ0) is 33.9. The molecule has 48 heavy (non-hydrogen) atoms. The van der Waals surface area contributed by atoms with Crippen molar-refractivity contribution >= 4 is 60.2 Å². The summed E-state index contributed by atoms with van der Waals surface area (Å²) in [6.07, 6.45) is 2.25. The number of rotatable bonds is 8. The molecule has 0 bridgehead atoms. The molecule has 244 valence electrons. The molecule has 6 atom stereocenters. The Kier molecular flexibility index (Phi) is 8.30. The lowest BCUT2D eigenvalue weighted by molar-refractivity contribution is -0.126. The van der Waals surface area contributed by atoms with E-state index in [9.17, 15) is 44.4 Å². The van der Waals surface area contributed by atoms with Gasteiger partial charge in [-0.1, -0.05) is 54.1 Å². The van der Waals surface area contributed by atoms with Crippen molar-refractivity contribution in [1.29, 1.82) is 0 Å². The lowest BCUT2D eigenvalue weighted by Gasteiger charge is -2.44. The van der Waals surface area contributed by atoms with Crippen molar-refractivity contribution in [2.75, 3.05) is 23.0 Å². The summed E-state index contributed by atoms with van der Waals surface area (Å²) in [6.45, 7) is -0.261. The Morgan fingerprint density at radius 3 is 1.88 bits per heavy atom. The Morgan fingerprint density at radius 2 is 1.27 bits per heavy atom. The molecule has 1 saturated carbocycles. The molecule has 4 amide bonds. The summed E-state index contributed by atoms with van der Waals surface area (Å²) in [6, 6.07) is 18.9. The van der Waals surface area contributed by atoms with Crippen molar-refractivity contribution in [3.05, 3.63) is 90.0 Å². The van der Waals surface area contributed by atoms with Gasteiger partial charge in [-0.2, -0.15) is 0 Å². The Bertz CT molecular complexity index is 1850. The quantitative estimate of drug-likeness (QED) is 0.121. The SMILES string of the molecule is O=C1C2CC=C3C(CC4C(=O)N(c5cccc(B(O)O)c5)C(=O)C4C3c3ccccc3OCCO)C2C(=O)N1c1cccc(B(O)O)c1. The van der Waals surface area contributed by atoms with Gasteiger partial charge in [0.25, 0.3) is 0 Å². The molecule has 3 aromatic carbocycles. The minimum atomic E-state index is -1.82. The van der Waals surface area contributed by atoms with Crippen molar-refractivity contribution in [1.82, 2.24) is 0 Å². The predicted octanol–water partition coefficient (Wildman–Crippen LogP) is -0.537. The summed E-state index contributed by atoms with van der Waals surface area (Å²) in [5.74, 6) is -6.06.